The van der Waals surface area contributed by atoms with Crippen LogP contribution in [0.25, 0.3) is 11.5 Å². The molecular weight excluding hydrogens is 444 g/mol. The standard InChI is InChI=1S/C23H32N4O5S/c1-23(2,3)31-22(28)26-10-7-16(8-11-26)13-20-24-21(32-25-20)18-5-6-19-15-27(33(4,29)30)12-9-17(19)14-18/h5-6,14,16H,7-13,15H2,1-4H3. The molecule has 0 N–H and O–H groups in total. The smallest absolute Gasteiger partial charge is 0.410 e. The van der Waals surface area contributed by atoms with Crippen LogP contribution in [0.2, 0.25) is 0 Å². The first-order valence-corrected chi connectivity index (χ1v) is 13.2. The molecule has 0 aliphatic carbocycles. The van der Waals surface area contributed by atoms with Crippen LogP contribution in [0.1, 0.15) is 50.6 Å². The van der Waals surface area contributed by atoms with Gasteiger partial charge < -0.3 is 14.2 Å². The van der Waals surface area contributed by atoms with Crippen LogP contribution in [0.4, 0.5) is 4.79 Å². The number of amides is 1. The summed E-state index contributed by atoms with van der Waals surface area (Å²) in [7, 11) is -3.19. The van der Waals surface area contributed by atoms with E-state index in [-0.39, 0.29) is 6.09 Å². The van der Waals surface area contributed by atoms with Crippen molar-refractivity contribution in [3.63, 3.8) is 0 Å². The Bertz CT molecular complexity index is 1110. The third kappa shape index (κ3) is 5.92. The van der Waals surface area contributed by atoms with Crippen molar-refractivity contribution in [3.05, 3.63) is 35.2 Å². The summed E-state index contributed by atoms with van der Waals surface area (Å²) in [5.74, 6) is 1.53. The Labute approximate surface area is 195 Å². The molecule has 0 radical (unpaired) electrons. The van der Waals surface area contributed by atoms with Crippen LogP contribution >= 0.6 is 0 Å². The number of hydrogen-bond acceptors (Lipinski definition) is 7. The number of likely N-dealkylation sites (tertiary alicyclic amines) is 1. The molecule has 0 spiro atoms. The van der Waals surface area contributed by atoms with Gasteiger partial charge in [0, 0.05) is 38.2 Å². The average molecular weight is 477 g/mol. The third-order valence-corrected chi connectivity index (χ3v) is 7.35. The first kappa shape index (κ1) is 23.7. The van der Waals surface area contributed by atoms with E-state index in [0.717, 1.165) is 29.5 Å². The van der Waals surface area contributed by atoms with Crippen LogP contribution < -0.4 is 0 Å². The minimum atomic E-state index is -3.19. The maximum atomic E-state index is 12.2. The molecule has 0 saturated carbocycles. The number of piperidine rings is 1. The molecule has 4 rings (SSSR count). The molecule has 2 aliphatic rings. The second kappa shape index (κ2) is 9.06. The number of aromatic nitrogens is 2. The van der Waals surface area contributed by atoms with Crippen LogP contribution in [0, 0.1) is 5.92 Å². The number of benzene rings is 1. The molecule has 9 nitrogen and oxygen atoms in total. The molecule has 1 fully saturated rings. The summed E-state index contributed by atoms with van der Waals surface area (Å²) in [5, 5.41) is 4.17. The fourth-order valence-electron chi connectivity index (χ4n) is 4.30. The van der Waals surface area contributed by atoms with Gasteiger partial charge in [-0.3, -0.25) is 0 Å². The quantitative estimate of drug-likeness (QED) is 0.667. The van der Waals surface area contributed by atoms with Crippen LogP contribution in [0.5, 0.6) is 0 Å². The Hall–Kier alpha value is -2.46. The van der Waals surface area contributed by atoms with E-state index in [2.05, 4.69) is 10.1 Å². The summed E-state index contributed by atoms with van der Waals surface area (Å²) >= 11 is 0. The summed E-state index contributed by atoms with van der Waals surface area (Å²) in [6, 6.07) is 5.87. The molecule has 3 heterocycles. The Morgan fingerprint density at radius 2 is 1.91 bits per heavy atom. The molecule has 33 heavy (non-hydrogen) atoms. The number of nitrogens with zero attached hydrogens (tertiary/aromatic N) is 4. The van der Waals surface area contributed by atoms with Gasteiger partial charge in [0.2, 0.25) is 10.0 Å². The second-order valence-electron chi connectivity index (χ2n) is 9.96. The zero-order chi connectivity index (χ0) is 23.8. The van der Waals surface area contributed by atoms with Gasteiger partial charge in [-0.15, -0.1) is 0 Å². The minimum absolute atomic E-state index is 0.255. The number of carbonyl (C=O) groups excluding carboxylic acids is 1. The van der Waals surface area contributed by atoms with Crippen LogP contribution in [0.15, 0.2) is 22.7 Å². The molecule has 2 aromatic rings. The van der Waals surface area contributed by atoms with Crippen molar-refractivity contribution < 1.29 is 22.5 Å². The lowest BCUT2D eigenvalue weighted by atomic mass is 9.93. The molecule has 1 saturated heterocycles. The Morgan fingerprint density at radius 1 is 1.18 bits per heavy atom. The van der Waals surface area contributed by atoms with E-state index in [1.54, 1.807) is 4.90 Å². The fraction of sp³-hybridized carbons (Fsp3) is 0.609. The monoisotopic (exact) mass is 476 g/mol. The topological polar surface area (TPSA) is 106 Å². The highest BCUT2D eigenvalue weighted by Crippen LogP contribution is 2.28. The Morgan fingerprint density at radius 3 is 2.58 bits per heavy atom. The summed E-state index contributed by atoms with van der Waals surface area (Å²) in [5.41, 5.74) is 2.48. The van der Waals surface area contributed by atoms with E-state index >= 15 is 0 Å². The van der Waals surface area contributed by atoms with E-state index in [4.69, 9.17) is 9.26 Å². The molecular formula is C23H32N4O5S. The largest absolute Gasteiger partial charge is 0.444 e. The molecule has 1 amide bonds. The molecule has 0 bridgehead atoms. The van der Waals surface area contributed by atoms with Crippen molar-refractivity contribution in [2.75, 3.05) is 25.9 Å². The SMILES string of the molecule is CC(C)(C)OC(=O)N1CCC(Cc2noc(-c3ccc4c(c3)CCN(S(C)(=O)=O)C4)n2)CC1. The van der Waals surface area contributed by atoms with E-state index < -0.39 is 15.6 Å². The molecule has 180 valence electrons. The van der Waals surface area contributed by atoms with Gasteiger partial charge in [-0.2, -0.15) is 9.29 Å². The lowest BCUT2D eigenvalue weighted by Crippen LogP contribution is -2.42. The predicted octanol–water partition coefficient (Wildman–Crippen LogP) is 3.24. The van der Waals surface area contributed by atoms with Gasteiger partial charge >= 0.3 is 6.09 Å². The molecule has 1 aromatic heterocycles. The van der Waals surface area contributed by atoms with Crippen LogP contribution in [-0.4, -0.2) is 65.3 Å². The van der Waals surface area contributed by atoms with Crippen molar-refractivity contribution in [1.82, 2.24) is 19.3 Å². The number of fused-ring (bicyclic) bond motifs is 1. The predicted molar refractivity (Wildman–Crippen MR) is 123 cm³/mol. The third-order valence-electron chi connectivity index (χ3n) is 6.11. The summed E-state index contributed by atoms with van der Waals surface area (Å²) < 4.78 is 36.1. The highest BCUT2D eigenvalue weighted by molar-refractivity contribution is 7.88. The fourth-order valence-corrected chi connectivity index (χ4v) is 5.10. The highest BCUT2D eigenvalue weighted by Gasteiger charge is 2.28. The maximum Gasteiger partial charge on any atom is 0.410 e. The van der Waals surface area contributed by atoms with Gasteiger partial charge in [0.15, 0.2) is 5.82 Å². The van der Waals surface area contributed by atoms with Gasteiger partial charge in [-0.1, -0.05) is 11.2 Å². The summed E-state index contributed by atoms with van der Waals surface area (Å²) in [6.45, 7) is 7.83. The van der Waals surface area contributed by atoms with Gasteiger partial charge in [-0.25, -0.2) is 13.2 Å². The van der Waals surface area contributed by atoms with E-state index in [9.17, 15) is 13.2 Å². The molecule has 0 atom stereocenters. The zero-order valence-corrected chi connectivity index (χ0v) is 20.5. The average Bonchev–Trinajstić information content (AvgIpc) is 3.20. The van der Waals surface area contributed by atoms with Crippen molar-refractivity contribution in [2.45, 2.75) is 58.6 Å². The summed E-state index contributed by atoms with van der Waals surface area (Å²) in [6.07, 6.45) is 4.11. The number of rotatable bonds is 4. The first-order valence-electron chi connectivity index (χ1n) is 11.4. The Kier molecular flexibility index (Phi) is 6.50. The second-order valence-corrected chi connectivity index (χ2v) is 11.9. The molecule has 1 aromatic carbocycles. The zero-order valence-electron chi connectivity index (χ0n) is 19.7. The lowest BCUT2D eigenvalue weighted by Gasteiger charge is -2.33. The number of ether oxygens (including phenoxy) is 1. The normalized spacial score (nSPS) is 18.2. The lowest BCUT2D eigenvalue weighted by molar-refractivity contribution is 0.0183. The molecule has 2 aliphatic heterocycles. The number of sulfonamides is 1. The van der Waals surface area contributed by atoms with Crippen molar-refractivity contribution >= 4 is 16.1 Å². The van der Waals surface area contributed by atoms with Gasteiger partial charge in [-0.05, 0) is 69.2 Å². The number of carbonyl (C=O) groups is 1. The van der Waals surface area contributed by atoms with Crippen molar-refractivity contribution in [2.24, 2.45) is 5.92 Å². The van der Waals surface area contributed by atoms with Crippen LogP contribution in [-0.2, 0) is 34.1 Å². The van der Waals surface area contributed by atoms with Crippen LogP contribution in [0.3, 0.4) is 0 Å². The highest BCUT2D eigenvalue weighted by atomic mass is 32.2. The van der Waals surface area contributed by atoms with E-state index in [1.807, 2.05) is 39.0 Å². The number of hydrogen-bond donors (Lipinski definition) is 0. The first-order chi connectivity index (χ1) is 15.5. The van der Waals surface area contributed by atoms with Gasteiger partial charge in [0.25, 0.3) is 5.89 Å². The van der Waals surface area contributed by atoms with Crippen molar-refractivity contribution in [3.8, 4) is 11.5 Å². The summed E-state index contributed by atoms with van der Waals surface area (Å²) in [4.78, 5) is 18.6. The van der Waals surface area contributed by atoms with Gasteiger partial charge in [0.05, 0.1) is 6.26 Å². The van der Waals surface area contributed by atoms with E-state index in [1.165, 1.54) is 10.6 Å². The Balaban J connectivity index is 1.34. The van der Waals surface area contributed by atoms with Crippen molar-refractivity contribution in [1.29, 1.82) is 0 Å². The molecule has 0 unspecified atom stereocenters. The molecule has 10 heteroatoms. The van der Waals surface area contributed by atoms with E-state index in [0.29, 0.717) is 56.7 Å². The maximum absolute atomic E-state index is 12.2. The van der Waals surface area contributed by atoms with Gasteiger partial charge in [0.1, 0.15) is 5.60 Å². The minimum Gasteiger partial charge on any atom is -0.444 e.